The number of nitriles is 1. The molecule has 1 aromatic carbocycles. The number of rotatable bonds is 8. The first-order chi connectivity index (χ1) is 16.6. The Morgan fingerprint density at radius 2 is 1.69 bits per heavy atom. The van der Waals surface area contributed by atoms with Gasteiger partial charge < -0.3 is 9.47 Å². The number of carbonyl (C=O) groups is 3. The molecule has 0 spiro atoms. The van der Waals surface area contributed by atoms with Crippen molar-refractivity contribution in [3.8, 4) is 6.07 Å². The Morgan fingerprint density at radius 1 is 1.06 bits per heavy atom. The zero-order valence-corrected chi connectivity index (χ0v) is 20.9. The lowest BCUT2D eigenvalue weighted by atomic mass is 10.0. The first kappa shape index (κ1) is 25.6. The van der Waals surface area contributed by atoms with Crippen LogP contribution in [0.3, 0.4) is 0 Å². The summed E-state index contributed by atoms with van der Waals surface area (Å²) in [5, 5.41) is 9.67. The number of thiophene rings is 1. The number of carbonyl (C=O) groups excluding carboxylic acids is 3. The number of aryl methyl sites for hydroxylation is 2. The predicted octanol–water partition coefficient (Wildman–Crippen LogP) is 3.32. The van der Waals surface area contributed by atoms with Gasteiger partial charge in [0.2, 0.25) is 0 Å². The van der Waals surface area contributed by atoms with E-state index < -0.39 is 17.7 Å². The quantitative estimate of drug-likeness (QED) is 0.267. The maximum absolute atomic E-state index is 13.1. The highest BCUT2D eigenvalue weighted by Gasteiger charge is 2.28. The number of esters is 2. The summed E-state index contributed by atoms with van der Waals surface area (Å²) in [5.74, 6) is -1.74. The van der Waals surface area contributed by atoms with E-state index in [0.29, 0.717) is 21.5 Å². The summed E-state index contributed by atoms with van der Waals surface area (Å²) in [4.78, 5) is 50.7. The fourth-order valence-corrected chi connectivity index (χ4v) is 4.94. The third kappa shape index (κ3) is 4.95. The van der Waals surface area contributed by atoms with Gasteiger partial charge in [-0.2, -0.15) is 5.26 Å². The van der Waals surface area contributed by atoms with Crippen LogP contribution in [-0.2, 0) is 34.8 Å². The van der Waals surface area contributed by atoms with Crippen molar-refractivity contribution in [1.29, 1.82) is 5.26 Å². The summed E-state index contributed by atoms with van der Waals surface area (Å²) in [6.07, 6.45) is 1.18. The van der Waals surface area contributed by atoms with Gasteiger partial charge in [-0.3, -0.25) is 13.9 Å². The van der Waals surface area contributed by atoms with Crippen LogP contribution in [0.2, 0.25) is 0 Å². The number of fused-ring (bicyclic) bond motifs is 1. The fourth-order valence-electron chi connectivity index (χ4n) is 3.76. The van der Waals surface area contributed by atoms with Crippen LogP contribution in [-0.4, -0.2) is 40.1 Å². The number of hydrogen-bond donors (Lipinski definition) is 0. The van der Waals surface area contributed by atoms with E-state index in [2.05, 4.69) is 0 Å². The van der Waals surface area contributed by atoms with E-state index in [1.54, 1.807) is 53.1 Å². The lowest BCUT2D eigenvalue weighted by molar-refractivity contribution is -0.114. The molecule has 0 aliphatic carbocycles. The molecule has 0 aliphatic heterocycles. The minimum Gasteiger partial charge on any atom is -0.462 e. The van der Waals surface area contributed by atoms with E-state index in [-0.39, 0.29) is 41.3 Å². The summed E-state index contributed by atoms with van der Waals surface area (Å²) >= 11 is 0.985. The van der Waals surface area contributed by atoms with Gasteiger partial charge in [-0.15, -0.1) is 11.3 Å². The van der Waals surface area contributed by atoms with Crippen molar-refractivity contribution in [2.45, 2.75) is 27.2 Å². The number of allylic oxidation sites excluding steroid dienone is 1. The van der Waals surface area contributed by atoms with Gasteiger partial charge in [-0.1, -0.05) is 6.07 Å². The van der Waals surface area contributed by atoms with Crippen molar-refractivity contribution in [3.63, 3.8) is 0 Å². The molecule has 3 rings (SSSR count). The van der Waals surface area contributed by atoms with E-state index >= 15 is 0 Å². The molecule has 10 heteroatoms. The van der Waals surface area contributed by atoms with Gasteiger partial charge in [0, 0.05) is 25.4 Å². The molecule has 0 radical (unpaired) electrons. The third-order valence-electron chi connectivity index (χ3n) is 5.51. The van der Waals surface area contributed by atoms with Gasteiger partial charge in [0.05, 0.1) is 35.4 Å². The first-order valence-electron chi connectivity index (χ1n) is 10.9. The Bertz CT molecular complexity index is 1460. The van der Waals surface area contributed by atoms with E-state index in [1.165, 1.54) is 15.2 Å². The minimum atomic E-state index is -0.641. The topological polar surface area (TPSA) is 120 Å². The fraction of sp³-hybridized carbons (Fsp3) is 0.320. The van der Waals surface area contributed by atoms with Crippen LogP contribution >= 0.6 is 11.3 Å². The number of ether oxygens (including phenoxy) is 2. The second-order valence-electron chi connectivity index (χ2n) is 7.71. The zero-order chi connectivity index (χ0) is 25.9. The Labute approximate surface area is 205 Å². The third-order valence-corrected chi connectivity index (χ3v) is 6.78. The van der Waals surface area contributed by atoms with Crippen LogP contribution in [0, 0.1) is 18.3 Å². The van der Waals surface area contributed by atoms with E-state index in [4.69, 9.17) is 9.47 Å². The zero-order valence-electron chi connectivity index (χ0n) is 20.1. The van der Waals surface area contributed by atoms with Gasteiger partial charge >= 0.3 is 17.6 Å². The molecular weight excluding hydrogens is 470 g/mol. The van der Waals surface area contributed by atoms with Crippen LogP contribution in [0.4, 0.5) is 0 Å². The normalized spacial score (nSPS) is 11.4. The maximum Gasteiger partial charge on any atom is 0.348 e. The number of Topliss-reactive ketones (excluding diaryl/α,β-unsaturated/α-hetero) is 1. The summed E-state index contributed by atoms with van der Waals surface area (Å²) < 4.78 is 13.2. The molecule has 0 unspecified atom stereocenters. The second kappa shape index (κ2) is 10.5. The highest BCUT2D eigenvalue weighted by atomic mass is 32.1. The number of ketones is 1. The smallest absolute Gasteiger partial charge is 0.348 e. The Balaban J connectivity index is 1.99. The molecule has 0 fully saturated rings. The summed E-state index contributed by atoms with van der Waals surface area (Å²) in [6.45, 7) is 5.23. The highest BCUT2D eigenvalue weighted by Crippen LogP contribution is 2.31. The van der Waals surface area contributed by atoms with Gasteiger partial charge in [-0.25, -0.2) is 14.4 Å². The molecule has 0 saturated carbocycles. The molecular formula is C25H25N3O6S. The largest absolute Gasteiger partial charge is 0.462 e. The van der Waals surface area contributed by atoms with Crippen molar-refractivity contribution in [2.24, 2.45) is 14.1 Å². The molecule has 0 amide bonds. The molecule has 0 bridgehead atoms. The SMILES string of the molecule is CCOC(=O)c1sc(CC(=O)/C(C#N)=C/c2ccc3c(c2)n(C)c(=O)n3C)c(C(=O)OCC)c1C. The van der Waals surface area contributed by atoms with Crippen molar-refractivity contribution in [3.05, 3.63) is 60.7 Å². The molecule has 2 aromatic heterocycles. The Hall–Kier alpha value is -3.97. The maximum atomic E-state index is 13.1. The summed E-state index contributed by atoms with van der Waals surface area (Å²) in [6, 6.07) is 7.10. The lowest BCUT2D eigenvalue weighted by Gasteiger charge is -2.05. The minimum absolute atomic E-state index is 0.121. The van der Waals surface area contributed by atoms with Crippen molar-refractivity contribution >= 4 is 46.2 Å². The second-order valence-corrected chi connectivity index (χ2v) is 8.82. The Kier molecular flexibility index (Phi) is 7.71. The molecule has 2 heterocycles. The molecule has 0 atom stereocenters. The molecule has 3 aromatic rings. The van der Waals surface area contributed by atoms with Crippen molar-refractivity contribution in [2.75, 3.05) is 13.2 Å². The summed E-state index contributed by atoms with van der Waals surface area (Å²) in [7, 11) is 3.31. The molecule has 0 saturated heterocycles. The van der Waals surface area contributed by atoms with Crippen LogP contribution < -0.4 is 5.69 Å². The van der Waals surface area contributed by atoms with Gasteiger partial charge in [0.25, 0.3) is 0 Å². The molecule has 9 nitrogen and oxygen atoms in total. The van der Waals surface area contributed by atoms with Gasteiger partial charge in [0.1, 0.15) is 10.9 Å². The number of imidazole rings is 1. The Morgan fingerprint density at radius 3 is 2.31 bits per heavy atom. The monoisotopic (exact) mass is 495 g/mol. The first-order valence-corrected chi connectivity index (χ1v) is 11.7. The van der Waals surface area contributed by atoms with Crippen LogP contribution in [0.1, 0.15) is 49.9 Å². The average molecular weight is 496 g/mol. The van der Waals surface area contributed by atoms with Gasteiger partial charge in [0.15, 0.2) is 5.78 Å². The van der Waals surface area contributed by atoms with Crippen molar-refractivity contribution < 1.29 is 23.9 Å². The molecule has 0 N–H and O–H groups in total. The van der Waals surface area contributed by atoms with Crippen LogP contribution in [0.25, 0.3) is 17.1 Å². The molecule has 182 valence electrons. The predicted molar refractivity (Wildman–Crippen MR) is 131 cm³/mol. The molecule has 35 heavy (non-hydrogen) atoms. The van der Waals surface area contributed by atoms with E-state index in [1.807, 2.05) is 6.07 Å². The lowest BCUT2D eigenvalue weighted by Crippen LogP contribution is -2.19. The van der Waals surface area contributed by atoms with Crippen molar-refractivity contribution in [1.82, 2.24) is 9.13 Å². The van der Waals surface area contributed by atoms with E-state index in [0.717, 1.165) is 16.9 Å². The number of hydrogen-bond acceptors (Lipinski definition) is 8. The average Bonchev–Trinajstić information content (AvgIpc) is 3.26. The summed E-state index contributed by atoms with van der Waals surface area (Å²) in [5.41, 5.74) is 2.17. The number of nitrogens with zero attached hydrogens (tertiary/aromatic N) is 3. The van der Waals surface area contributed by atoms with Crippen LogP contribution in [0.15, 0.2) is 28.6 Å². The standard InChI is InChI=1S/C25H25N3O6S/c1-6-33-23(30)21-14(3)22(24(31)34-7-2)35-20(21)12-19(29)16(13-26)10-15-8-9-17-18(11-15)28(5)25(32)27(17)4/h8-11H,6-7,12H2,1-5H3/b16-10+. The highest BCUT2D eigenvalue weighted by molar-refractivity contribution is 7.14. The number of benzene rings is 1. The van der Waals surface area contributed by atoms with Gasteiger partial charge in [-0.05, 0) is 50.1 Å². The van der Waals surface area contributed by atoms with E-state index in [9.17, 15) is 24.4 Å². The number of aromatic nitrogens is 2. The van der Waals surface area contributed by atoms with Crippen LogP contribution in [0.5, 0.6) is 0 Å². The molecule has 0 aliphatic rings.